The molecule has 1 aromatic carbocycles. The molecule has 1 rings (SSSR count). The van der Waals surface area contributed by atoms with Crippen molar-refractivity contribution in [3.05, 3.63) is 17.7 Å². The predicted octanol–water partition coefficient (Wildman–Crippen LogP) is 3.69. The Balaban J connectivity index is 3.00. The molecule has 0 N–H and O–H groups in total. The summed E-state index contributed by atoms with van der Waals surface area (Å²) < 4.78 is 16.0. The highest BCUT2D eigenvalue weighted by molar-refractivity contribution is 5.53. The third kappa shape index (κ3) is 3.83. The van der Waals surface area contributed by atoms with Crippen molar-refractivity contribution in [3.8, 4) is 17.2 Å². The highest BCUT2D eigenvalue weighted by atomic mass is 16.5. The molecule has 0 spiro atoms. The van der Waals surface area contributed by atoms with E-state index >= 15 is 0 Å². The van der Waals surface area contributed by atoms with Crippen LogP contribution in [0.25, 0.3) is 0 Å². The topological polar surface area (TPSA) is 27.7 Å². The van der Waals surface area contributed by atoms with Crippen molar-refractivity contribution in [2.45, 2.75) is 33.6 Å². The van der Waals surface area contributed by atoms with Gasteiger partial charge in [-0.2, -0.15) is 0 Å². The Morgan fingerprint density at radius 2 is 1.39 bits per heavy atom. The first-order valence-corrected chi connectivity index (χ1v) is 6.20. The van der Waals surface area contributed by atoms with Gasteiger partial charge in [0.1, 0.15) is 0 Å². The number of ether oxygens (including phenoxy) is 3. The second-order valence-corrected chi connectivity index (χ2v) is 5.59. The van der Waals surface area contributed by atoms with Gasteiger partial charge in [-0.25, -0.2) is 0 Å². The van der Waals surface area contributed by atoms with Crippen LogP contribution in [0.4, 0.5) is 0 Å². The number of hydrogen-bond acceptors (Lipinski definition) is 3. The van der Waals surface area contributed by atoms with Crippen LogP contribution >= 0.6 is 0 Å². The Morgan fingerprint density at radius 3 is 1.72 bits per heavy atom. The van der Waals surface area contributed by atoms with E-state index in [1.54, 1.807) is 21.3 Å². The van der Waals surface area contributed by atoms with E-state index in [-0.39, 0.29) is 0 Å². The number of rotatable bonds is 5. The summed E-state index contributed by atoms with van der Waals surface area (Å²) in [5, 5.41) is 0. The second-order valence-electron chi connectivity index (χ2n) is 5.59. The number of aryl methyl sites for hydroxylation is 1. The molecule has 3 nitrogen and oxygen atoms in total. The highest BCUT2D eigenvalue weighted by Crippen LogP contribution is 2.38. The Labute approximate surface area is 110 Å². The molecule has 0 aliphatic carbocycles. The lowest BCUT2D eigenvalue weighted by Crippen LogP contribution is -2.06. The lowest BCUT2D eigenvalue weighted by atomic mass is 9.88. The Bertz CT molecular complexity index is 366. The maximum Gasteiger partial charge on any atom is 0.203 e. The van der Waals surface area contributed by atoms with Crippen molar-refractivity contribution in [3.63, 3.8) is 0 Å². The molecule has 0 radical (unpaired) electrons. The quantitative estimate of drug-likeness (QED) is 0.800. The monoisotopic (exact) mass is 252 g/mol. The highest BCUT2D eigenvalue weighted by Gasteiger charge is 2.15. The SMILES string of the molecule is COc1cc(CCC(C)(C)C)cc(OC)c1OC. The van der Waals surface area contributed by atoms with E-state index in [2.05, 4.69) is 20.8 Å². The summed E-state index contributed by atoms with van der Waals surface area (Å²) in [6.07, 6.45) is 2.12. The molecule has 102 valence electrons. The summed E-state index contributed by atoms with van der Waals surface area (Å²) in [4.78, 5) is 0. The normalized spacial score (nSPS) is 11.2. The fourth-order valence-corrected chi connectivity index (χ4v) is 1.80. The van der Waals surface area contributed by atoms with Crippen LogP contribution in [0.15, 0.2) is 12.1 Å². The van der Waals surface area contributed by atoms with E-state index in [4.69, 9.17) is 14.2 Å². The van der Waals surface area contributed by atoms with Crippen molar-refractivity contribution in [2.24, 2.45) is 5.41 Å². The third-order valence-corrected chi connectivity index (χ3v) is 2.89. The van der Waals surface area contributed by atoms with Crippen molar-refractivity contribution in [1.82, 2.24) is 0 Å². The minimum Gasteiger partial charge on any atom is -0.493 e. The van der Waals surface area contributed by atoms with E-state index in [1.165, 1.54) is 5.56 Å². The minimum atomic E-state index is 0.320. The van der Waals surface area contributed by atoms with Crippen LogP contribution in [0.2, 0.25) is 0 Å². The van der Waals surface area contributed by atoms with Gasteiger partial charge in [-0.3, -0.25) is 0 Å². The standard InChI is InChI=1S/C15H24O3/c1-15(2,3)8-7-11-9-12(16-4)14(18-6)13(10-11)17-5/h9-10H,7-8H2,1-6H3. The van der Waals surface area contributed by atoms with Gasteiger partial charge in [0, 0.05) is 0 Å². The fourth-order valence-electron chi connectivity index (χ4n) is 1.80. The van der Waals surface area contributed by atoms with Crippen LogP contribution in [0.3, 0.4) is 0 Å². The third-order valence-electron chi connectivity index (χ3n) is 2.89. The van der Waals surface area contributed by atoms with E-state index in [1.807, 2.05) is 12.1 Å². The maximum absolute atomic E-state index is 5.35. The Morgan fingerprint density at radius 1 is 0.889 bits per heavy atom. The van der Waals surface area contributed by atoms with Crippen molar-refractivity contribution in [2.75, 3.05) is 21.3 Å². The zero-order chi connectivity index (χ0) is 13.8. The van der Waals surface area contributed by atoms with Gasteiger partial charge in [0.15, 0.2) is 11.5 Å². The van der Waals surface area contributed by atoms with Crippen molar-refractivity contribution >= 4 is 0 Å². The molecule has 0 fully saturated rings. The zero-order valence-corrected chi connectivity index (χ0v) is 12.3. The molecule has 0 atom stereocenters. The maximum atomic E-state index is 5.35. The molecule has 0 heterocycles. The number of hydrogen-bond donors (Lipinski definition) is 0. The summed E-state index contributed by atoms with van der Waals surface area (Å²) in [6, 6.07) is 4.04. The van der Waals surface area contributed by atoms with Gasteiger partial charge in [-0.1, -0.05) is 20.8 Å². The summed E-state index contributed by atoms with van der Waals surface area (Å²) in [7, 11) is 4.91. The molecule has 0 saturated carbocycles. The molecular formula is C15H24O3. The largest absolute Gasteiger partial charge is 0.493 e. The molecular weight excluding hydrogens is 228 g/mol. The van der Waals surface area contributed by atoms with Crippen LogP contribution in [0, 0.1) is 5.41 Å². The summed E-state index contributed by atoms with van der Waals surface area (Å²) in [5.41, 5.74) is 1.53. The molecule has 0 aliphatic rings. The molecule has 0 amide bonds. The van der Waals surface area contributed by atoms with E-state index in [0.717, 1.165) is 24.3 Å². The Kier molecular flexibility index (Phi) is 4.88. The molecule has 0 unspecified atom stereocenters. The first kappa shape index (κ1) is 14.7. The smallest absolute Gasteiger partial charge is 0.203 e. The van der Waals surface area contributed by atoms with Gasteiger partial charge in [0.2, 0.25) is 5.75 Å². The molecule has 3 heteroatoms. The van der Waals surface area contributed by atoms with Gasteiger partial charge < -0.3 is 14.2 Å². The minimum absolute atomic E-state index is 0.320. The summed E-state index contributed by atoms with van der Waals surface area (Å²) >= 11 is 0. The molecule has 18 heavy (non-hydrogen) atoms. The van der Waals surface area contributed by atoms with Gasteiger partial charge in [-0.05, 0) is 36.0 Å². The van der Waals surface area contributed by atoms with Crippen LogP contribution in [-0.4, -0.2) is 21.3 Å². The molecule has 0 bridgehead atoms. The van der Waals surface area contributed by atoms with Crippen molar-refractivity contribution in [1.29, 1.82) is 0 Å². The summed E-state index contributed by atoms with van der Waals surface area (Å²) in [6.45, 7) is 6.72. The van der Waals surface area contributed by atoms with E-state index < -0.39 is 0 Å². The lowest BCUT2D eigenvalue weighted by molar-refractivity contribution is 0.323. The molecule has 0 aromatic heterocycles. The number of benzene rings is 1. The van der Waals surface area contributed by atoms with Crippen molar-refractivity contribution < 1.29 is 14.2 Å². The van der Waals surface area contributed by atoms with E-state index in [9.17, 15) is 0 Å². The first-order chi connectivity index (χ1) is 8.41. The van der Waals surface area contributed by atoms with Crippen LogP contribution in [-0.2, 0) is 6.42 Å². The molecule has 0 saturated heterocycles. The van der Waals surface area contributed by atoms with Gasteiger partial charge in [-0.15, -0.1) is 0 Å². The average Bonchev–Trinajstić information content (AvgIpc) is 2.33. The fraction of sp³-hybridized carbons (Fsp3) is 0.600. The predicted molar refractivity (Wildman–Crippen MR) is 73.9 cm³/mol. The molecule has 0 aliphatic heterocycles. The first-order valence-electron chi connectivity index (χ1n) is 6.20. The summed E-state index contributed by atoms with van der Waals surface area (Å²) in [5.74, 6) is 2.10. The van der Waals surface area contributed by atoms with Gasteiger partial charge in [0.05, 0.1) is 21.3 Å². The number of methoxy groups -OCH3 is 3. The second kappa shape index (κ2) is 5.98. The zero-order valence-electron chi connectivity index (χ0n) is 12.3. The average molecular weight is 252 g/mol. The Hall–Kier alpha value is -1.38. The van der Waals surface area contributed by atoms with E-state index in [0.29, 0.717) is 11.2 Å². The lowest BCUT2D eigenvalue weighted by Gasteiger charge is -2.19. The van der Waals surface area contributed by atoms with Crippen LogP contribution < -0.4 is 14.2 Å². The molecule has 1 aromatic rings. The van der Waals surface area contributed by atoms with Gasteiger partial charge >= 0.3 is 0 Å². The van der Waals surface area contributed by atoms with Crippen LogP contribution in [0.1, 0.15) is 32.8 Å². The van der Waals surface area contributed by atoms with Gasteiger partial charge in [0.25, 0.3) is 0 Å². The van der Waals surface area contributed by atoms with Crippen LogP contribution in [0.5, 0.6) is 17.2 Å².